The van der Waals surface area contributed by atoms with Crippen LogP contribution in [0.3, 0.4) is 0 Å². The van der Waals surface area contributed by atoms with Gasteiger partial charge in [0.05, 0.1) is 0 Å². The third-order valence-electron chi connectivity index (χ3n) is 5.32. The van der Waals surface area contributed by atoms with E-state index < -0.39 is 8.07 Å². The summed E-state index contributed by atoms with van der Waals surface area (Å²) in [4.78, 5) is 9.33. The fourth-order valence-electron chi connectivity index (χ4n) is 4.29. The van der Waals surface area contributed by atoms with Crippen molar-refractivity contribution in [3.05, 3.63) is 85.2 Å². The number of fused-ring (bicyclic) bond motifs is 8. The molecule has 0 amide bonds. The maximum atomic E-state index is 6.28. The van der Waals surface area contributed by atoms with Crippen LogP contribution in [0.2, 0.25) is 0 Å². The average Bonchev–Trinajstić information content (AvgIpc) is 2.73. The van der Waals surface area contributed by atoms with Crippen molar-refractivity contribution in [3.63, 3.8) is 0 Å². The van der Waals surface area contributed by atoms with Gasteiger partial charge in [0.15, 0.2) is 0 Å². The third kappa shape index (κ3) is 1.81. The molecule has 4 nitrogen and oxygen atoms in total. The quantitative estimate of drug-likeness (QED) is 0.386. The van der Waals surface area contributed by atoms with Gasteiger partial charge in [-0.15, -0.1) is 0 Å². The summed E-state index contributed by atoms with van der Waals surface area (Å²) in [6, 6.07) is 24.8. The molecule has 0 fully saturated rings. The van der Waals surface area contributed by atoms with Gasteiger partial charge in [-0.2, -0.15) is 0 Å². The Hall–Kier alpha value is -3.44. The number of hydrogen-bond donors (Lipinski definition) is 0. The van der Waals surface area contributed by atoms with Crippen LogP contribution in [0.15, 0.2) is 85.2 Å². The Kier molecular flexibility index (Phi) is 2.87. The Morgan fingerprint density at radius 3 is 1.63 bits per heavy atom. The van der Waals surface area contributed by atoms with E-state index in [0.717, 1.165) is 22.6 Å². The van der Waals surface area contributed by atoms with Crippen LogP contribution in [0.1, 0.15) is 0 Å². The molecule has 2 aliphatic rings. The molecule has 3 heterocycles. The van der Waals surface area contributed by atoms with Crippen molar-refractivity contribution >= 4 is 29.0 Å². The summed E-state index contributed by atoms with van der Waals surface area (Å²) in [5.74, 6) is 3.21. The molecule has 2 aliphatic heterocycles. The highest BCUT2D eigenvalue weighted by Crippen LogP contribution is 2.34. The number of benzene rings is 3. The molecule has 0 unspecified atom stereocenters. The molecule has 0 saturated carbocycles. The molecular weight excluding hydrogens is 352 g/mol. The zero-order valence-electron chi connectivity index (χ0n) is 14.3. The summed E-state index contributed by atoms with van der Waals surface area (Å²) >= 11 is 0. The van der Waals surface area contributed by atoms with Crippen LogP contribution in [0.25, 0.3) is 0 Å². The second-order valence-electron chi connectivity index (χ2n) is 6.65. The van der Waals surface area contributed by atoms with E-state index in [-0.39, 0.29) is 0 Å². The second kappa shape index (κ2) is 5.28. The molecule has 1 aromatic heterocycles. The van der Waals surface area contributed by atoms with Gasteiger partial charge in [0.25, 0.3) is 0 Å². The van der Waals surface area contributed by atoms with Crippen molar-refractivity contribution in [2.45, 2.75) is 0 Å². The fraction of sp³-hybridized carbons (Fsp3) is 0. The van der Waals surface area contributed by atoms with Gasteiger partial charge in [-0.3, -0.25) is 4.98 Å². The minimum Gasteiger partial charge on any atom is -0.458 e. The highest BCUT2D eigenvalue weighted by atomic mass is 28.3. The standard InChI is InChI=1S/C22H14N2O2Si/c1-4-10-18-15(7-1)25-16-8-2-5-11-19(16)27(18)20-12-6-3-9-17(20)26-21-22(27)24-14-13-23-21/h1-14H. The lowest BCUT2D eigenvalue weighted by molar-refractivity contribution is 0.464. The lowest BCUT2D eigenvalue weighted by Gasteiger charge is -2.41. The molecule has 0 atom stereocenters. The SMILES string of the molecule is c1ccc2c(c1)Oc1ccccc1[Si]21c2ccccc2Oc2nccnc21. The number of nitrogens with zero attached hydrogens (tertiary/aromatic N) is 2. The van der Waals surface area contributed by atoms with Crippen molar-refractivity contribution in [3.8, 4) is 23.1 Å². The van der Waals surface area contributed by atoms with E-state index in [1.54, 1.807) is 12.4 Å². The first-order valence-corrected chi connectivity index (χ1v) is 10.8. The van der Waals surface area contributed by atoms with E-state index >= 15 is 0 Å². The van der Waals surface area contributed by atoms with Crippen molar-refractivity contribution in [2.75, 3.05) is 0 Å². The Bertz CT molecular complexity index is 1020. The van der Waals surface area contributed by atoms with E-state index in [9.17, 15) is 0 Å². The first-order chi connectivity index (χ1) is 13.4. The number of ether oxygens (including phenoxy) is 2. The van der Waals surface area contributed by atoms with Crippen LogP contribution in [-0.2, 0) is 0 Å². The maximum absolute atomic E-state index is 6.28. The Labute approximate surface area is 157 Å². The van der Waals surface area contributed by atoms with Gasteiger partial charge in [-0.05, 0) is 33.8 Å². The van der Waals surface area contributed by atoms with Crippen LogP contribution < -0.4 is 30.4 Å². The molecule has 3 aromatic carbocycles. The highest BCUT2D eigenvalue weighted by Gasteiger charge is 2.54. The van der Waals surface area contributed by atoms with Gasteiger partial charge >= 0.3 is 0 Å². The van der Waals surface area contributed by atoms with Gasteiger partial charge in [0, 0.05) is 12.4 Å². The molecular formula is C22H14N2O2Si. The van der Waals surface area contributed by atoms with Gasteiger partial charge in [-0.1, -0.05) is 54.6 Å². The number of rotatable bonds is 0. The molecule has 1 spiro atoms. The zero-order chi connectivity index (χ0) is 17.8. The largest absolute Gasteiger partial charge is 0.458 e. The molecule has 0 aliphatic carbocycles. The smallest absolute Gasteiger partial charge is 0.237 e. The molecule has 0 bridgehead atoms. The number of aromatic nitrogens is 2. The van der Waals surface area contributed by atoms with E-state index in [1.807, 2.05) is 36.4 Å². The van der Waals surface area contributed by atoms with Crippen molar-refractivity contribution in [1.29, 1.82) is 0 Å². The van der Waals surface area contributed by atoms with Crippen LogP contribution in [-0.4, -0.2) is 18.0 Å². The summed E-state index contributed by atoms with van der Waals surface area (Å²) < 4.78 is 12.4. The monoisotopic (exact) mass is 366 g/mol. The van der Waals surface area contributed by atoms with E-state index in [0.29, 0.717) is 5.88 Å². The molecule has 5 heteroatoms. The van der Waals surface area contributed by atoms with Gasteiger partial charge in [0.2, 0.25) is 14.0 Å². The molecule has 128 valence electrons. The lowest BCUT2D eigenvalue weighted by Crippen LogP contribution is -2.78. The maximum Gasteiger partial charge on any atom is 0.237 e. The van der Waals surface area contributed by atoms with Crippen LogP contribution in [0.4, 0.5) is 0 Å². The molecule has 6 rings (SSSR count). The Morgan fingerprint density at radius 2 is 1.04 bits per heavy atom. The minimum absolute atomic E-state index is 0.592. The fourth-order valence-corrected chi connectivity index (χ4v) is 9.19. The van der Waals surface area contributed by atoms with Crippen molar-refractivity contribution in [2.24, 2.45) is 0 Å². The third-order valence-corrected chi connectivity index (χ3v) is 10.0. The summed E-state index contributed by atoms with van der Waals surface area (Å²) in [6.45, 7) is 0. The van der Waals surface area contributed by atoms with Gasteiger partial charge < -0.3 is 9.47 Å². The topological polar surface area (TPSA) is 44.2 Å². The van der Waals surface area contributed by atoms with E-state index in [2.05, 4.69) is 41.4 Å². The molecule has 0 radical (unpaired) electrons. The molecule has 4 aromatic rings. The Morgan fingerprint density at radius 1 is 0.556 bits per heavy atom. The van der Waals surface area contributed by atoms with Gasteiger partial charge in [-0.25, -0.2) is 4.98 Å². The first kappa shape index (κ1) is 14.7. The average molecular weight is 366 g/mol. The normalized spacial score (nSPS) is 14.8. The molecule has 27 heavy (non-hydrogen) atoms. The minimum atomic E-state index is -2.68. The van der Waals surface area contributed by atoms with Crippen LogP contribution in [0.5, 0.6) is 23.1 Å². The summed E-state index contributed by atoms with van der Waals surface area (Å²) in [6.07, 6.45) is 3.44. The number of para-hydroxylation sites is 3. The Balaban J connectivity index is 1.85. The van der Waals surface area contributed by atoms with Crippen LogP contribution in [0, 0.1) is 0 Å². The highest BCUT2D eigenvalue weighted by molar-refractivity contribution is 7.21. The molecule has 0 saturated heterocycles. The van der Waals surface area contributed by atoms with Gasteiger partial charge in [0.1, 0.15) is 22.6 Å². The van der Waals surface area contributed by atoms with Crippen LogP contribution >= 0.6 is 0 Å². The predicted molar refractivity (Wildman–Crippen MR) is 106 cm³/mol. The molecule has 0 N–H and O–H groups in total. The van der Waals surface area contributed by atoms with Crippen molar-refractivity contribution in [1.82, 2.24) is 9.97 Å². The van der Waals surface area contributed by atoms with Crippen molar-refractivity contribution < 1.29 is 9.47 Å². The first-order valence-electron chi connectivity index (χ1n) is 8.85. The predicted octanol–water partition coefficient (Wildman–Crippen LogP) is 2.07. The van der Waals surface area contributed by atoms with E-state index in [1.165, 1.54) is 15.6 Å². The lowest BCUT2D eigenvalue weighted by atomic mass is 10.3. The summed E-state index contributed by atoms with van der Waals surface area (Å²) in [5, 5.41) is 4.47. The van der Waals surface area contributed by atoms with E-state index in [4.69, 9.17) is 14.5 Å². The summed E-state index contributed by atoms with van der Waals surface area (Å²) in [5.41, 5.74) is 0. The summed E-state index contributed by atoms with van der Waals surface area (Å²) in [7, 11) is -2.68. The number of hydrogen-bond acceptors (Lipinski definition) is 4. The zero-order valence-corrected chi connectivity index (χ0v) is 15.3. The second-order valence-corrected chi connectivity index (χ2v) is 10.2.